The van der Waals surface area contributed by atoms with Crippen LogP contribution in [0.3, 0.4) is 0 Å². The molecule has 0 radical (unpaired) electrons. The third-order valence-corrected chi connectivity index (χ3v) is 4.10. The smallest absolute Gasteiger partial charge is 0.240 e. The van der Waals surface area contributed by atoms with Crippen LogP contribution in [0.4, 0.5) is 0 Å². The number of carbonyl (C=O) groups is 1. The molecular weight excluding hydrogens is 304 g/mol. The first-order valence-electron chi connectivity index (χ1n) is 7.78. The lowest BCUT2D eigenvalue weighted by Gasteiger charge is -2.20. The number of ether oxygens (including phenoxy) is 2. The van der Waals surface area contributed by atoms with Crippen molar-refractivity contribution in [2.24, 2.45) is 5.10 Å². The number of carbonyl (C=O) groups excluding carboxylic acids is 1. The fraction of sp³-hybridized carbons (Fsp3) is 0.263. The maximum Gasteiger partial charge on any atom is 0.240 e. The van der Waals surface area contributed by atoms with Gasteiger partial charge in [0.15, 0.2) is 0 Å². The van der Waals surface area contributed by atoms with Crippen molar-refractivity contribution >= 4 is 11.6 Å². The number of hydrazone groups is 1. The van der Waals surface area contributed by atoms with Crippen molar-refractivity contribution in [2.75, 3.05) is 14.2 Å². The Balaban J connectivity index is 1.98. The van der Waals surface area contributed by atoms with E-state index in [0.717, 1.165) is 16.8 Å². The molecule has 0 spiro atoms. The molecule has 2 aromatic carbocycles. The Labute approximate surface area is 141 Å². The molecule has 1 atom stereocenters. The van der Waals surface area contributed by atoms with Gasteiger partial charge in [0.2, 0.25) is 5.91 Å². The van der Waals surface area contributed by atoms with Crippen LogP contribution >= 0.6 is 0 Å². The molecule has 0 saturated heterocycles. The third kappa shape index (κ3) is 3.11. The predicted octanol–water partition coefficient (Wildman–Crippen LogP) is 3.40. The van der Waals surface area contributed by atoms with Gasteiger partial charge in [-0.25, -0.2) is 5.01 Å². The monoisotopic (exact) mass is 324 g/mol. The molecule has 5 heteroatoms. The van der Waals surface area contributed by atoms with E-state index in [0.29, 0.717) is 17.9 Å². The van der Waals surface area contributed by atoms with Gasteiger partial charge in [-0.05, 0) is 17.7 Å². The van der Waals surface area contributed by atoms with Crippen molar-refractivity contribution in [1.82, 2.24) is 5.01 Å². The lowest BCUT2D eigenvalue weighted by molar-refractivity contribution is -0.130. The van der Waals surface area contributed by atoms with E-state index in [4.69, 9.17) is 9.47 Å². The summed E-state index contributed by atoms with van der Waals surface area (Å²) in [5, 5.41) is 6.11. The largest absolute Gasteiger partial charge is 0.497 e. The molecule has 1 aliphatic heterocycles. The average Bonchev–Trinajstić information content (AvgIpc) is 3.07. The van der Waals surface area contributed by atoms with Gasteiger partial charge in [-0.15, -0.1) is 0 Å². The van der Waals surface area contributed by atoms with Gasteiger partial charge in [0.25, 0.3) is 0 Å². The van der Waals surface area contributed by atoms with Crippen LogP contribution in [0.25, 0.3) is 0 Å². The first-order chi connectivity index (χ1) is 11.6. The van der Waals surface area contributed by atoms with E-state index in [2.05, 4.69) is 5.10 Å². The minimum absolute atomic E-state index is 0.0753. The highest BCUT2D eigenvalue weighted by Gasteiger charge is 2.31. The SMILES string of the molecule is COc1cc(OC)cc(C2=NN(C(C)=O)[C@@H](c3ccccc3)C2)c1. The molecule has 1 heterocycles. The zero-order valence-electron chi connectivity index (χ0n) is 14.0. The first kappa shape index (κ1) is 16.1. The van der Waals surface area contributed by atoms with E-state index in [-0.39, 0.29) is 11.9 Å². The van der Waals surface area contributed by atoms with Crippen LogP contribution in [0.1, 0.15) is 30.5 Å². The Morgan fingerprint density at radius 3 is 2.25 bits per heavy atom. The summed E-state index contributed by atoms with van der Waals surface area (Å²) in [4.78, 5) is 12.0. The van der Waals surface area contributed by atoms with Crippen molar-refractivity contribution in [1.29, 1.82) is 0 Å². The molecule has 2 aromatic rings. The highest BCUT2D eigenvalue weighted by molar-refractivity contribution is 6.03. The summed E-state index contributed by atoms with van der Waals surface area (Å²) in [6.45, 7) is 1.54. The summed E-state index contributed by atoms with van der Waals surface area (Å²) in [7, 11) is 3.23. The van der Waals surface area contributed by atoms with Crippen LogP contribution in [0, 0.1) is 0 Å². The minimum atomic E-state index is -0.0871. The molecule has 0 saturated carbocycles. The van der Waals surface area contributed by atoms with Crippen molar-refractivity contribution in [3.8, 4) is 11.5 Å². The van der Waals surface area contributed by atoms with Gasteiger partial charge in [-0.3, -0.25) is 4.79 Å². The Kier molecular flexibility index (Phi) is 4.51. The van der Waals surface area contributed by atoms with E-state index in [1.54, 1.807) is 19.2 Å². The number of nitrogens with zero attached hydrogens (tertiary/aromatic N) is 2. The summed E-state index contributed by atoms with van der Waals surface area (Å²) < 4.78 is 10.7. The fourth-order valence-corrected chi connectivity index (χ4v) is 2.88. The molecular formula is C19H20N2O3. The van der Waals surface area contributed by atoms with Crippen LogP contribution in [-0.4, -0.2) is 30.8 Å². The van der Waals surface area contributed by atoms with Crippen LogP contribution < -0.4 is 9.47 Å². The Morgan fingerprint density at radius 1 is 1.08 bits per heavy atom. The maximum atomic E-state index is 12.0. The van der Waals surface area contributed by atoms with Gasteiger partial charge in [-0.2, -0.15) is 5.10 Å². The lowest BCUT2D eigenvalue weighted by atomic mass is 9.98. The molecule has 3 rings (SSSR count). The van der Waals surface area contributed by atoms with Gasteiger partial charge in [-0.1, -0.05) is 30.3 Å². The van der Waals surface area contributed by atoms with E-state index >= 15 is 0 Å². The van der Waals surface area contributed by atoms with E-state index < -0.39 is 0 Å². The van der Waals surface area contributed by atoms with Crippen molar-refractivity contribution in [3.63, 3.8) is 0 Å². The van der Waals surface area contributed by atoms with Crippen molar-refractivity contribution in [3.05, 3.63) is 59.7 Å². The van der Waals surface area contributed by atoms with Crippen molar-refractivity contribution in [2.45, 2.75) is 19.4 Å². The van der Waals surface area contributed by atoms with E-state index in [9.17, 15) is 4.79 Å². The molecule has 124 valence electrons. The second kappa shape index (κ2) is 6.74. The normalized spacial score (nSPS) is 16.7. The maximum absolute atomic E-state index is 12.0. The van der Waals surface area contributed by atoms with Gasteiger partial charge >= 0.3 is 0 Å². The molecule has 0 aromatic heterocycles. The zero-order chi connectivity index (χ0) is 17.1. The van der Waals surface area contributed by atoms with Gasteiger partial charge < -0.3 is 9.47 Å². The number of benzene rings is 2. The number of hydrogen-bond acceptors (Lipinski definition) is 4. The fourth-order valence-electron chi connectivity index (χ4n) is 2.88. The van der Waals surface area contributed by atoms with Crippen LogP contribution in [0.2, 0.25) is 0 Å². The molecule has 0 aliphatic carbocycles. The van der Waals surface area contributed by atoms with Crippen molar-refractivity contribution < 1.29 is 14.3 Å². The van der Waals surface area contributed by atoms with Crippen LogP contribution in [0.15, 0.2) is 53.6 Å². The molecule has 5 nitrogen and oxygen atoms in total. The summed E-state index contributed by atoms with van der Waals surface area (Å²) in [5.74, 6) is 1.32. The Hall–Kier alpha value is -2.82. The lowest BCUT2D eigenvalue weighted by Crippen LogP contribution is -2.24. The minimum Gasteiger partial charge on any atom is -0.497 e. The highest BCUT2D eigenvalue weighted by Crippen LogP contribution is 2.34. The van der Waals surface area contributed by atoms with Gasteiger partial charge in [0.1, 0.15) is 11.5 Å². The topological polar surface area (TPSA) is 51.1 Å². The Bertz CT molecular complexity index is 749. The number of methoxy groups -OCH3 is 2. The van der Waals surface area contributed by atoms with Crippen LogP contribution in [0.5, 0.6) is 11.5 Å². The molecule has 24 heavy (non-hydrogen) atoms. The van der Waals surface area contributed by atoms with Gasteiger partial charge in [0.05, 0.1) is 26.0 Å². The molecule has 0 bridgehead atoms. The van der Waals surface area contributed by atoms with Gasteiger partial charge in [0, 0.05) is 25.0 Å². The molecule has 0 fully saturated rings. The predicted molar refractivity (Wildman–Crippen MR) is 92.4 cm³/mol. The quantitative estimate of drug-likeness (QED) is 0.866. The third-order valence-electron chi connectivity index (χ3n) is 4.10. The summed E-state index contributed by atoms with van der Waals surface area (Å²) in [5.41, 5.74) is 2.81. The average molecular weight is 324 g/mol. The first-order valence-corrected chi connectivity index (χ1v) is 7.78. The zero-order valence-corrected chi connectivity index (χ0v) is 14.0. The number of rotatable bonds is 4. The summed E-state index contributed by atoms with van der Waals surface area (Å²) >= 11 is 0. The second-order valence-electron chi connectivity index (χ2n) is 5.64. The molecule has 1 amide bonds. The summed E-state index contributed by atoms with van der Waals surface area (Å²) in [6.07, 6.45) is 0.653. The molecule has 0 unspecified atom stereocenters. The molecule has 0 N–H and O–H groups in total. The Morgan fingerprint density at radius 2 is 1.71 bits per heavy atom. The van der Waals surface area contributed by atoms with Crippen LogP contribution in [-0.2, 0) is 4.79 Å². The number of amides is 1. The molecule has 1 aliphatic rings. The number of hydrogen-bond donors (Lipinski definition) is 0. The second-order valence-corrected chi connectivity index (χ2v) is 5.64. The standard InChI is InChI=1S/C19H20N2O3/c1-13(22)21-19(14-7-5-4-6-8-14)12-18(20-21)15-9-16(23-2)11-17(10-15)24-3/h4-11,19H,12H2,1-3H3/t19-/m1/s1. The van der Waals surface area contributed by atoms with E-state index in [1.807, 2.05) is 48.5 Å². The highest BCUT2D eigenvalue weighted by atomic mass is 16.5. The summed E-state index contributed by atoms with van der Waals surface area (Å²) in [6, 6.07) is 15.5. The van der Waals surface area contributed by atoms with E-state index in [1.165, 1.54) is 6.92 Å².